The van der Waals surface area contributed by atoms with Crippen LogP contribution < -0.4 is 5.32 Å². The van der Waals surface area contributed by atoms with E-state index in [-0.39, 0.29) is 6.54 Å². The quantitative estimate of drug-likeness (QED) is 0.787. The third-order valence-corrected chi connectivity index (χ3v) is 2.45. The molecule has 0 saturated carbocycles. The number of hydrogen-bond acceptors (Lipinski definition) is 4. The monoisotopic (exact) mass is 281 g/mol. The van der Waals surface area contributed by atoms with Crippen LogP contribution in [0.2, 0.25) is 0 Å². The van der Waals surface area contributed by atoms with Crippen molar-refractivity contribution in [3.05, 3.63) is 12.7 Å². The highest BCUT2D eigenvalue weighted by atomic mass is 16.6. The van der Waals surface area contributed by atoms with Gasteiger partial charge in [0.15, 0.2) is 0 Å². The summed E-state index contributed by atoms with van der Waals surface area (Å²) in [5.74, 6) is 0. The summed E-state index contributed by atoms with van der Waals surface area (Å²) in [6, 6.07) is 1.69. The second kappa shape index (κ2) is 7.30. The molecule has 0 radical (unpaired) electrons. The summed E-state index contributed by atoms with van der Waals surface area (Å²) in [5.41, 5.74) is -0.982. The van der Waals surface area contributed by atoms with Gasteiger partial charge in [-0.3, -0.25) is 5.32 Å². The molecule has 0 rings (SSSR count). The SMILES string of the molecule is C=CCNC(C#N)CN(C(=O)OC(C)(C)C)C(C)(C)C. The van der Waals surface area contributed by atoms with E-state index in [2.05, 4.69) is 18.0 Å². The zero-order valence-corrected chi connectivity index (χ0v) is 13.5. The van der Waals surface area contributed by atoms with Crippen molar-refractivity contribution in [1.82, 2.24) is 10.2 Å². The van der Waals surface area contributed by atoms with E-state index in [1.807, 2.05) is 41.5 Å². The lowest BCUT2D eigenvalue weighted by atomic mass is 10.1. The van der Waals surface area contributed by atoms with Crippen molar-refractivity contribution in [1.29, 1.82) is 5.26 Å². The number of rotatable bonds is 5. The highest BCUT2D eigenvalue weighted by Gasteiger charge is 2.32. The van der Waals surface area contributed by atoms with Gasteiger partial charge < -0.3 is 9.64 Å². The van der Waals surface area contributed by atoms with E-state index in [1.54, 1.807) is 11.0 Å². The summed E-state index contributed by atoms with van der Waals surface area (Å²) in [5, 5.41) is 12.2. The predicted octanol–water partition coefficient (Wildman–Crippen LogP) is 2.69. The molecule has 0 bridgehead atoms. The van der Waals surface area contributed by atoms with Gasteiger partial charge in [-0.25, -0.2) is 4.79 Å². The van der Waals surface area contributed by atoms with Crippen molar-refractivity contribution in [2.75, 3.05) is 13.1 Å². The van der Waals surface area contributed by atoms with E-state index in [1.165, 1.54) is 0 Å². The van der Waals surface area contributed by atoms with Gasteiger partial charge in [-0.2, -0.15) is 5.26 Å². The Labute approximate surface area is 122 Å². The minimum atomic E-state index is -0.558. The van der Waals surface area contributed by atoms with Crippen LogP contribution in [0.3, 0.4) is 0 Å². The van der Waals surface area contributed by atoms with Crippen molar-refractivity contribution in [3.63, 3.8) is 0 Å². The van der Waals surface area contributed by atoms with Crippen LogP contribution in [0.25, 0.3) is 0 Å². The first-order valence-corrected chi connectivity index (χ1v) is 6.76. The molecule has 5 heteroatoms. The summed E-state index contributed by atoms with van der Waals surface area (Å²) in [6.07, 6.45) is 1.27. The third-order valence-electron chi connectivity index (χ3n) is 2.45. The second-order valence-corrected chi connectivity index (χ2v) is 6.64. The number of carbonyl (C=O) groups excluding carboxylic acids is 1. The van der Waals surface area contributed by atoms with Crippen molar-refractivity contribution in [2.45, 2.75) is 58.7 Å². The molecule has 0 aromatic carbocycles. The van der Waals surface area contributed by atoms with Gasteiger partial charge in [0.05, 0.1) is 12.6 Å². The van der Waals surface area contributed by atoms with E-state index in [0.29, 0.717) is 6.54 Å². The highest BCUT2D eigenvalue weighted by molar-refractivity contribution is 5.69. The van der Waals surface area contributed by atoms with Crippen LogP contribution in [-0.2, 0) is 4.74 Å². The van der Waals surface area contributed by atoms with Crippen LogP contribution in [0.15, 0.2) is 12.7 Å². The molecule has 5 nitrogen and oxygen atoms in total. The van der Waals surface area contributed by atoms with Gasteiger partial charge >= 0.3 is 6.09 Å². The lowest BCUT2D eigenvalue weighted by molar-refractivity contribution is 0.00516. The minimum Gasteiger partial charge on any atom is -0.444 e. The molecule has 20 heavy (non-hydrogen) atoms. The average Bonchev–Trinajstić information content (AvgIpc) is 2.25. The van der Waals surface area contributed by atoms with Crippen molar-refractivity contribution >= 4 is 6.09 Å². The fourth-order valence-electron chi connectivity index (χ4n) is 1.50. The lowest BCUT2D eigenvalue weighted by Gasteiger charge is -2.37. The Balaban J connectivity index is 4.95. The molecule has 0 fully saturated rings. The number of carbonyl (C=O) groups is 1. The average molecular weight is 281 g/mol. The molecule has 0 heterocycles. The summed E-state index contributed by atoms with van der Waals surface area (Å²) < 4.78 is 5.41. The van der Waals surface area contributed by atoms with E-state index in [9.17, 15) is 4.79 Å². The lowest BCUT2D eigenvalue weighted by Crippen LogP contribution is -2.53. The highest BCUT2D eigenvalue weighted by Crippen LogP contribution is 2.18. The standard InChI is InChI=1S/C15H27N3O2/c1-8-9-17-12(10-16)11-18(14(2,3)4)13(19)20-15(5,6)7/h8,12,17H,1,9,11H2,2-7H3. The van der Waals surface area contributed by atoms with Crippen molar-refractivity contribution in [2.24, 2.45) is 0 Å². The zero-order chi connectivity index (χ0) is 16.0. The first-order chi connectivity index (χ1) is 9.01. The summed E-state index contributed by atoms with van der Waals surface area (Å²) in [7, 11) is 0. The first-order valence-electron chi connectivity index (χ1n) is 6.76. The van der Waals surface area contributed by atoms with E-state index < -0.39 is 23.3 Å². The third kappa shape index (κ3) is 7.15. The number of amides is 1. The van der Waals surface area contributed by atoms with E-state index in [0.717, 1.165) is 0 Å². The molecule has 0 aromatic rings. The van der Waals surface area contributed by atoms with Crippen LogP contribution in [0, 0.1) is 11.3 Å². The minimum absolute atomic E-state index is 0.267. The van der Waals surface area contributed by atoms with E-state index in [4.69, 9.17) is 10.00 Å². The molecule has 0 aliphatic heterocycles. The Morgan fingerprint density at radius 2 is 1.95 bits per heavy atom. The largest absolute Gasteiger partial charge is 0.444 e. The van der Waals surface area contributed by atoms with Gasteiger partial charge in [0.1, 0.15) is 11.6 Å². The molecule has 0 aliphatic carbocycles. The van der Waals surface area contributed by atoms with Gasteiger partial charge in [-0.1, -0.05) is 6.08 Å². The van der Waals surface area contributed by atoms with Gasteiger partial charge in [-0.05, 0) is 41.5 Å². The maximum atomic E-state index is 12.3. The fraction of sp³-hybridized carbons (Fsp3) is 0.733. The zero-order valence-electron chi connectivity index (χ0n) is 13.5. The maximum absolute atomic E-state index is 12.3. The summed E-state index contributed by atoms with van der Waals surface area (Å²) in [6.45, 7) is 15.6. The normalized spacial score (nSPS) is 13.2. The summed E-state index contributed by atoms with van der Waals surface area (Å²) in [4.78, 5) is 13.8. The maximum Gasteiger partial charge on any atom is 0.410 e. The van der Waals surface area contributed by atoms with E-state index >= 15 is 0 Å². The number of nitrogens with one attached hydrogen (secondary N) is 1. The molecule has 0 aliphatic rings. The van der Waals surface area contributed by atoms with Gasteiger partial charge in [0.2, 0.25) is 0 Å². The molecule has 0 spiro atoms. The molecule has 1 atom stereocenters. The molecule has 1 N–H and O–H groups in total. The molecular formula is C15H27N3O2. The Morgan fingerprint density at radius 1 is 1.40 bits per heavy atom. The molecule has 1 amide bonds. The van der Waals surface area contributed by atoms with Gasteiger partial charge in [0, 0.05) is 12.1 Å². The molecular weight excluding hydrogens is 254 g/mol. The summed E-state index contributed by atoms with van der Waals surface area (Å²) >= 11 is 0. The van der Waals surface area contributed by atoms with Crippen LogP contribution in [0.5, 0.6) is 0 Å². The van der Waals surface area contributed by atoms with Gasteiger partial charge in [0.25, 0.3) is 0 Å². The first kappa shape index (κ1) is 18.5. The number of ether oxygens (including phenoxy) is 1. The smallest absolute Gasteiger partial charge is 0.410 e. The van der Waals surface area contributed by atoms with Crippen LogP contribution >= 0.6 is 0 Å². The van der Waals surface area contributed by atoms with Crippen LogP contribution in [-0.4, -0.2) is 41.3 Å². The van der Waals surface area contributed by atoms with Crippen LogP contribution in [0.4, 0.5) is 4.79 Å². The van der Waals surface area contributed by atoms with Crippen LogP contribution in [0.1, 0.15) is 41.5 Å². The Bertz CT molecular complexity index is 372. The topological polar surface area (TPSA) is 65.4 Å². The fourth-order valence-corrected chi connectivity index (χ4v) is 1.50. The molecule has 0 saturated heterocycles. The predicted molar refractivity (Wildman–Crippen MR) is 80.3 cm³/mol. The Hall–Kier alpha value is -1.54. The van der Waals surface area contributed by atoms with Crippen molar-refractivity contribution < 1.29 is 9.53 Å². The molecule has 114 valence electrons. The molecule has 1 unspecified atom stereocenters. The number of hydrogen-bond donors (Lipinski definition) is 1. The Kier molecular flexibility index (Phi) is 6.74. The number of nitriles is 1. The van der Waals surface area contributed by atoms with Gasteiger partial charge in [-0.15, -0.1) is 6.58 Å². The second-order valence-electron chi connectivity index (χ2n) is 6.64. The molecule has 0 aromatic heterocycles. The Morgan fingerprint density at radius 3 is 2.30 bits per heavy atom. The number of nitrogens with zero attached hydrogens (tertiary/aromatic N) is 2. The van der Waals surface area contributed by atoms with Crippen molar-refractivity contribution in [3.8, 4) is 6.07 Å².